The van der Waals surface area contributed by atoms with E-state index in [0.717, 1.165) is 28.8 Å². The number of hydrogen-bond acceptors (Lipinski definition) is 4. The van der Waals surface area contributed by atoms with Gasteiger partial charge in [-0.05, 0) is 38.8 Å². The van der Waals surface area contributed by atoms with E-state index in [1.807, 2.05) is 66.2 Å². The summed E-state index contributed by atoms with van der Waals surface area (Å²) in [6.45, 7) is 8.67. The number of nitrogens with zero attached hydrogens (tertiary/aromatic N) is 3. The molecule has 1 N–H and O–H groups in total. The van der Waals surface area contributed by atoms with Crippen molar-refractivity contribution in [3.63, 3.8) is 0 Å². The number of carbonyl (C=O) groups excluding carboxylic acids is 2. The van der Waals surface area contributed by atoms with Gasteiger partial charge in [-0.15, -0.1) is 11.8 Å². The molecule has 0 aliphatic carbocycles. The molecule has 1 aromatic heterocycles. The number of benzene rings is 2. The van der Waals surface area contributed by atoms with Gasteiger partial charge in [-0.25, -0.2) is 4.68 Å². The average molecular weight is 511 g/mol. The maximum atomic E-state index is 13.5. The number of hydrogen-bond donors (Lipinski definition) is 1. The number of anilines is 1. The predicted octanol–water partition coefficient (Wildman–Crippen LogP) is 5.65. The lowest BCUT2D eigenvalue weighted by atomic mass is 9.99. The van der Waals surface area contributed by atoms with Crippen LogP contribution in [-0.4, -0.2) is 40.4 Å². The van der Waals surface area contributed by atoms with Crippen molar-refractivity contribution in [2.24, 2.45) is 0 Å². The minimum atomic E-state index is -0.435. The average Bonchev–Trinajstić information content (AvgIpc) is 3.17. The first-order chi connectivity index (χ1) is 16.7. The number of nitrogens with one attached hydrogen (secondary N) is 1. The van der Waals surface area contributed by atoms with Gasteiger partial charge in [-0.1, -0.05) is 67.1 Å². The van der Waals surface area contributed by atoms with Crippen LogP contribution in [0.5, 0.6) is 0 Å². The fraction of sp³-hybridized carbons (Fsp3) is 0.370. The van der Waals surface area contributed by atoms with E-state index in [1.165, 1.54) is 11.8 Å². The third kappa shape index (κ3) is 5.26. The van der Waals surface area contributed by atoms with Crippen LogP contribution in [0.3, 0.4) is 0 Å². The Kier molecular flexibility index (Phi) is 7.57. The standard InChI is InChI=1S/C27H31ClN4O2S/c1-5-15-29-21(33)16-31-22(34)17-35-25(19-13-9-10-14-20(19)28)23-24(18-11-7-6-8-12-18)30-32(26(23)31)27(2,3)4/h6-14,25H,5,15-17H2,1-4H3,(H,29,33)/t25-/m0/s1. The van der Waals surface area contributed by atoms with E-state index in [2.05, 4.69) is 26.1 Å². The van der Waals surface area contributed by atoms with E-state index in [4.69, 9.17) is 16.7 Å². The number of carbonyl (C=O) groups is 2. The summed E-state index contributed by atoms with van der Waals surface area (Å²) >= 11 is 8.21. The molecule has 8 heteroatoms. The molecule has 0 unspecified atom stereocenters. The van der Waals surface area contributed by atoms with Crippen LogP contribution >= 0.6 is 23.4 Å². The number of amides is 2. The van der Waals surface area contributed by atoms with E-state index in [9.17, 15) is 9.59 Å². The maximum absolute atomic E-state index is 13.5. The van der Waals surface area contributed by atoms with Crippen LogP contribution in [-0.2, 0) is 15.1 Å². The molecule has 2 heterocycles. The van der Waals surface area contributed by atoms with E-state index in [-0.39, 0.29) is 29.4 Å². The molecule has 0 spiro atoms. The highest BCUT2D eigenvalue weighted by molar-refractivity contribution is 8.00. The minimum Gasteiger partial charge on any atom is -0.355 e. The van der Waals surface area contributed by atoms with Gasteiger partial charge in [0.25, 0.3) is 0 Å². The van der Waals surface area contributed by atoms with Gasteiger partial charge < -0.3 is 5.32 Å². The van der Waals surface area contributed by atoms with Gasteiger partial charge in [0.05, 0.1) is 22.2 Å². The summed E-state index contributed by atoms with van der Waals surface area (Å²) < 4.78 is 1.89. The molecule has 0 radical (unpaired) electrons. The summed E-state index contributed by atoms with van der Waals surface area (Å²) in [7, 11) is 0. The van der Waals surface area contributed by atoms with Crippen molar-refractivity contribution < 1.29 is 9.59 Å². The Morgan fingerprint density at radius 1 is 1.14 bits per heavy atom. The van der Waals surface area contributed by atoms with Crippen LogP contribution in [0.4, 0.5) is 5.82 Å². The molecular weight excluding hydrogens is 480 g/mol. The van der Waals surface area contributed by atoms with Crippen molar-refractivity contribution in [2.45, 2.75) is 44.9 Å². The summed E-state index contributed by atoms with van der Waals surface area (Å²) in [6, 6.07) is 17.7. The number of rotatable bonds is 6. The van der Waals surface area contributed by atoms with Crippen molar-refractivity contribution >= 4 is 41.0 Å². The highest BCUT2D eigenvalue weighted by Crippen LogP contribution is 2.50. The van der Waals surface area contributed by atoms with Crippen LogP contribution < -0.4 is 10.2 Å². The van der Waals surface area contributed by atoms with Crippen LogP contribution in [0.2, 0.25) is 5.02 Å². The molecule has 35 heavy (non-hydrogen) atoms. The highest BCUT2D eigenvalue weighted by Gasteiger charge is 2.39. The number of fused-ring (bicyclic) bond motifs is 1. The van der Waals surface area contributed by atoms with Crippen LogP contribution in [0, 0.1) is 0 Å². The Morgan fingerprint density at radius 3 is 2.49 bits per heavy atom. The fourth-order valence-electron chi connectivity index (χ4n) is 4.19. The lowest BCUT2D eigenvalue weighted by Crippen LogP contribution is -2.43. The Labute approximate surface area is 216 Å². The Morgan fingerprint density at radius 2 is 1.83 bits per heavy atom. The molecule has 184 valence electrons. The number of halogens is 1. The molecular formula is C27H31ClN4O2S. The third-order valence-electron chi connectivity index (χ3n) is 5.83. The van der Waals surface area contributed by atoms with E-state index in [1.54, 1.807) is 4.90 Å². The molecule has 3 aromatic rings. The molecule has 1 aliphatic rings. The topological polar surface area (TPSA) is 67.2 Å². The minimum absolute atomic E-state index is 0.0579. The summed E-state index contributed by atoms with van der Waals surface area (Å²) in [5.41, 5.74) is 3.14. The first-order valence-electron chi connectivity index (χ1n) is 11.8. The fourth-order valence-corrected chi connectivity index (χ4v) is 5.74. The van der Waals surface area contributed by atoms with Crippen LogP contribution in [0.25, 0.3) is 11.3 Å². The SMILES string of the molecule is CCCNC(=O)CN1C(=O)CS[C@@H](c2ccccc2Cl)c2c(-c3ccccc3)nn(C(C)(C)C)c21. The summed E-state index contributed by atoms with van der Waals surface area (Å²) in [5.74, 6) is 0.574. The van der Waals surface area contributed by atoms with Gasteiger partial charge in [0.1, 0.15) is 12.4 Å². The molecule has 4 rings (SSSR count). The molecule has 6 nitrogen and oxygen atoms in total. The quantitative estimate of drug-likeness (QED) is 0.465. The molecule has 1 aliphatic heterocycles. The van der Waals surface area contributed by atoms with Gasteiger partial charge >= 0.3 is 0 Å². The molecule has 2 amide bonds. The lowest BCUT2D eigenvalue weighted by Gasteiger charge is -2.28. The first kappa shape index (κ1) is 25.3. The second-order valence-electron chi connectivity index (χ2n) is 9.58. The van der Waals surface area contributed by atoms with E-state index < -0.39 is 5.54 Å². The zero-order valence-corrected chi connectivity index (χ0v) is 22.1. The molecule has 0 saturated carbocycles. The van der Waals surface area contributed by atoms with Gasteiger partial charge in [0.15, 0.2) is 0 Å². The largest absolute Gasteiger partial charge is 0.355 e. The molecule has 0 bridgehead atoms. The smallest absolute Gasteiger partial charge is 0.240 e. The number of aromatic nitrogens is 2. The first-order valence-corrected chi connectivity index (χ1v) is 13.3. The summed E-state index contributed by atoms with van der Waals surface area (Å²) in [4.78, 5) is 27.9. The zero-order chi connectivity index (χ0) is 25.2. The molecule has 1 atom stereocenters. The number of thioether (sulfide) groups is 1. The van der Waals surface area contributed by atoms with Gasteiger partial charge in [0.2, 0.25) is 11.8 Å². The van der Waals surface area contributed by atoms with Crippen LogP contribution in [0.1, 0.15) is 50.5 Å². The monoisotopic (exact) mass is 510 g/mol. The molecule has 0 fully saturated rings. The van der Waals surface area contributed by atoms with Gasteiger partial charge in [-0.2, -0.15) is 5.10 Å². The normalized spacial score (nSPS) is 16.1. The predicted molar refractivity (Wildman–Crippen MR) is 144 cm³/mol. The maximum Gasteiger partial charge on any atom is 0.240 e. The van der Waals surface area contributed by atoms with Gasteiger partial charge in [-0.3, -0.25) is 14.5 Å². The van der Waals surface area contributed by atoms with Crippen LogP contribution in [0.15, 0.2) is 54.6 Å². The zero-order valence-electron chi connectivity index (χ0n) is 20.5. The summed E-state index contributed by atoms with van der Waals surface area (Å²) in [5, 5.41) is 8.39. The van der Waals surface area contributed by atoms with Crippen molar-refractivity contribution in [1.82, 2.24) is 15.1 Å². The van der Waals surface area contributed by atoms with E-state index in [0.29, 0.717) is 17.4 Å². The molecule has 0 saturated heterocycles. The van der Waals surface area contributed by atoms with Crippen molar-refractivity contribution in [3.8, 4) is 11.3 Å². The Bertz CT molecular complexity index is 1220. The molecule has 2 aromatic carbocycles. The third-order valence-corrected chi connectivity index (χ3v) is 7.41. The van der Waals surface area contributed by atoms with Crippen molar-refractivity contribution in [3.05, 3.63) is 70.7 Å². The van der Waals surface area contributed by atoms with E-state index >= 15 is 0 Å². The highest BCUT2D eigenvalue weighted by atomic mass is 35.5. The lowest BCUT2D eigenvalue weighted by molar-refractivity contribution is -0.122. The van der Waals surface area contributed by atoms with Crippen molar-refractivity contribution in [2.75, 3.05) is 23.7 Å². The summed E-state index contributed by atoms with van der Waals surface area (Å²) in [6.07, 6.45) is 0.827. The Hall–Kier alpha value is -2.77. The van der Waals surface area contributed by atoms with Crippen molar-refractivity contribution in [1.29, 1.82) is 0 Å². The second kappa shape index (κ2) is 10.5. The Balaban J connectivity index is 2.00. The second-order valence-corrected chi connectivity index (χ2v) is 11.1. The van der Waals surface area contributed by atoms with Gasteiger partial charge in [0, 0.05) is 22.7 Å².